The monoisotopic (exact) mass is 324 g/mol. The largest absolute Gasteiger partial charge is 0.462 e. The maximum atomic E-state index is 12.1. The maximum Gasteiger partial charge on any atom is 0.302 e. The van der Waals surface area contributed by atoms with Gasteiger partial charge in [0.15, 0.2) is 0 Å². The van der Waals surface area contributed by atoms with Crippen LogP contribution in [0.15, 0.2) is 23.3 Å². The van der Waals surface area contributed by atoms with Gasteiger partial charge in [-0.1, -0.05) is 32.4 Å². The van der Waals surface area contributed by atoms with Crippen LogP contribution >= 0.6 is 0 Å². The zero-order valence-electron chi connectivity index (χ0n) is 15.7. The van der Waals surface area contributed by atoms with Crippen molar-refractivity contribution < 1.29 is 19.1 Å². The maximum absolute atomic E-state index is 12.1. The summed E-state index contributed by atoms with van der Waals surface area (Å²) in [5.41, 5.74) is 1.92. The Balaban J connectivity index is 4.45. The Morgan fingerprint density at radius 3 is 2.17 bits per heavy atom. The van der Waals surface area contributed by atoms with Gasteiger partial charge in [-0.25, -0.2) is 0 Å². The van der Waals surface area contributed by atoms with Crippen molar-refractivity contribution in [3.8, 4) is 0 Å². The van der Waals surface area contributed by atoms with Crippen LogP contribution in [-0.4, -0.2) is 31.6 Å². The van der Waals surface area contributed by atoms with Gasteiger partial charge in [0.2, 0.25) is 0 Å². The Bertz CT molecular complexity index is 452. The Hall–Kier alpha value is -1.42. The molecule has 0 rings (SSSR count). The van der Waals surface area contributed by atoms with E-state index in [1.165, 1.54) is 12.5 Å². The molecule has 0 aliphatic heterocycles. The highest BCUT2D eigenvalue weighted by Gasteiger charge is 2.25. The van der Waals surface area contributed by atoms with Crippen LogP contribution in [0.4, 0.5) is 0 Å². The first-order valence-electron chi connectivity index (χ1n) is 8.09. The molecule has 4 nitrogen and oxygen atoms in total. The van der Waals surface area contributed by atoms with E-state index in [1.54, 1.807) is 7.11 Å². The number of hydrogen-bond donors (Lipinski definition) is 0. The fourth-order valence-corrected chi connectivity index (χ4v) is 1.97. The highest BCUT2D eigenvalue weighted by atomic mass is 16.5. The summed E-state index contributed by atoms with van der Waals surface area (Å²) in [6, 6.07) is 0. The van der Waals surface area contributed by atoms with Gasteiger partial charge in [-0.2, -0.15) is 0 Å². The molecular weight excluding hydrogens is 292 g/mol. The fraction of sp³-hybridized carbons (Fsp3) is 0.684. The molecule has 23 heavy (non-hydrogen) atoms. The van der Waals surface area contributed by atoms with Gasteiger partial charge in [-0.15, -0.1) is 0 Å². The van der Waals surface area contributed by atoms with Crippen LogP contribution in [0.3, 0.4) is 0 Å². The van der Waals surface area contributed by atoms with Gasteiger partial charge >= 0.3 is 5.97 Å². The van der Waals surface area contributed by atoms with E-state index < -0.39 is 0 Å². The predicted octanol–water partition coefficient (Wildman–Crippen LogP) is 4.24. The summed E-state index contributed by atoms with van der Waals surface area (Å²) < 4.78 is 10.3. The molecule has 0 aromatic rings. The van der Waals surface area contributed by atoms with Crippen molar-refractivity contribution in [3.05, 3.63) is 23.3 Å². The first-order chi connectivity index (χ1) is 10.6. The average Bonchev–Trinajstić information content (AvgIpc) is 2.42. The number of rotatable bonds is 9. The predicted molar refractivity (Wildman–Crippen MR) is 93.3 cm³/mol. The molecule has 0 radical (unpaired) electrons. The summed E-state index contributed by atoms with van der Waals surface area (Å²) in [5.74, 6) is -0.0641. The normalized spacial score (nSPS) is 14.6. The second kappa shape index (κ2) is 10.4. The second-order valence-corrected chi connectivity index (χ2v) is 6.94. The number of methoxy groups -OCH3 is 1. The third-order valence-electron chi connectivity index (χ3n) is 3.72. The molecule has 0 saturated carbocycles. The first-order valence-corrected chi connectivity index (χ1v) is 8.09. The van der Waals surface area contributed by atoms with Gasteiger partial charge < -0.3 is 9.47 Å². The van der Waals surface area contributed by atoms with Crippen molar-refractivity contribution in [2.24, 2.45) is 5.41 Å². The van der Waals surface area contributed by atoms with E-state index in [2.05, 4.69) is 6.08 Å². The van der Waals surface area contributed by atoms with E-state index >= 15 is 0 Å². The third kappa shape index (κ3) is 10.1. The number of allylic oxidation sites excluding steroid dienone is 2. The average molecular weight is 324 g/mol. The molecule has 0 heterocycles. The number of hydrogen-bond acceptors (Lipinski definition) is 4. The molecule has 132 valence electrons. The molecule has 0 aromatic carbocycles. The Morgan fingerprint density at radius 1 is 1.09 bits per heavy atom. The van der Waals surface area contributed by atoms with Crippen LogP contribution in [0.1, 0.15) is 60.8 Å². The van der Waals surface area contributed by atoms with Crippen LogP contribution < -0.4 is 0 Å². The summed E-state index contributed by atoms with van der Waals surface area (Å²) in [5, 5.41) is 0. The van der Waals surface area contributed by atoms with Crippen molar-refractivity contribution >= 4 is 11.8 Å². The minimum absolute atomic E-state index is 0.160. The van der Waals surface area contributed by atoms with Crippen LogP contribution in [0.2, 0.25) is 0 Å². The standard InChI is InChI=1S/C19H32O4/c1-14(11-12-23-16(3)20)9-8-10-15(2)17(22-7)13-18(21)19(4,5)6/h10-11,17H,8-9,12-13H2,1-7H3/b14-11+,15-10+. The van der Waals surface area contributed by atoms with Gasteiger partial charge in [-0.05, 0) is 38.3 Å². The van der Waals surface area contributed by atoms with E-state index in [4.69, 9.17) is 9.47 Å². The van der Waals surface area contributed by atoms with Crippen LogP contribution in [0.25, 0.3) is 0 Å². The van der Waals surface area contributed by atoms with E-state index in [0.717, 1.165) is 18.4 Å². The van der Waals surface area contributed by atoms with E-state index in [-0.39, 0.29) is 23.3 Å². The van der Waals surface area contributed by atoms with Gasteiger partial charge in [0.05, 0.1) is 6.10 Å². The lowest BCUT2D eigenvalue weighted by atomic mass is 9.86. The molecule has 0 aliphatic carbocycles. The fourth-order valence-electron chi connectivity index (χ4n) is 1.97. The number of ketones is 1. The number of ether oxygens (including phenoxy) is 2. The van der Waals surface area contributed by atoms with Gasteiger partial charge in [-0.3, -0.25) is 9.59 Å². The summed E-state index contributed by atoms with van der Waals surface area (Å²) in [6.45, 7) is 11.5. The van der Waals surface area contributed by atoms with Crippen molar-refractivity contribution in [1.29, 1.82) is 0 Å². The molecule has 1 unspecified atom stereocenters. The van der Waals surface area contributed by atoms with E-state index in [0.29, 0.717) is 13.0 Å². The van der Waals surface area contributed by atoms with Crippen LogP contribution in [0, 0.1) is 5.41 Å². The summed E-state index contributed by atoms with van der Waals surface area (Å²) in [4.78, 5) is 22.8. The zero-order valence-corrected chi connectivity index (χ0v) is 15.7. The molecule has 0 fully saturated rings. The van der Waals surface area contributed by atoms with Crippen molar-refractivity contribution in [2.45, 2.75) is 66.9 Å². The van der Waals surface area contributed by atoms with Crippen molar-refractivity contribution in [2.75, 3.05) is 13.7 Å². The second-order valence-electron chi connectivity index (χ2n) is 6.94. The molecule has 0 aliphatic rings. The molecule has 0 N–H and O–H groups in total. The van der Waals surface area contributed by atoms with E-state index in [9.17, 15) is 9.59 Å². The lowest BCUT2D eigenvalue weighted by Crippen LogP contribution is -2.26. The SMILES string of the molecule is COC(CC(=O)C(C)(C)C)/C(C)=C/CC/C(C)=C/COC(C)=O. The molecule has 0 bridgehead atoms. The molecule has 4 heteroatoms. The summed E-state index contributed by atoms with van der Waals surface area (Å²) in [7, 11) is 1.64. The smallest absolute Gasteiger partial charge is 0.302 e. The molecule has 0 saturated heterocycles. The summed E-state index contributed by atoms with van der Waals surface area (Å²) in [6.07, 6.45) is 6.05. The molecule has 1 atom stereocenters. The topological polar surface area (TPSA) is 52.6 Å². The quantitative estimate of drug-likeness (QED) is 0.470. The van der Waals surface area contributed by atoms with Crippen LogP contribution in [-0.2, 0) is 19.1 Å². The highest BCUT2D eigenvalue weighted by molar-refractivity contribution is 5.84. The minimum Gasteiger partial charge on any atom is -0.462 e. The lowest BCUT2D eigenvalue weighted by molar-refractivity contribution is -0.139. The molecule has 0 spiro atoms. The lowest BCUT2D eigenvalue weighted by Gasteiger charge is -2.22. The molecular formula is C19H32O4. The molecule has 0 aromatic heterocycles. The van der Waals surface area contributed by atoms with Crippen LogP contribution in [0.5, 0.6) is 0 Å². The Labute approximate surface area is 140 Å². The molecule has 0 amide bonds. The van der Waals surface area contributed by atoms with Crippen molar-refractivity contribution in [3.63, 3.8) is 0 Å². The number of Topliss-reactive ketones (excluding diaryl/α,β-unsaturated/α-hetero) is 1. The van der Waals surface area contributed by atoms with Gasteiger partial charge in [0.25, 0.3) is 0 Å². The Morgan fingerprint density at radius 2 is 1.70 bits per heavy atom. The van der Waals surface area contributed by atoms with Gasteiger partial charge in [0.1, 0.15) is 12.4 Å². The Kier molecular flexibility index (Phi) is 9.73. The first kappa shape index (κ1) is 21.6. The van der Waals surface area contributed by atoms with Gasteiger partial charge in [0, 0.05) is 25.9 Å². The number of carbonyl (C=O) groups excluding carboxylic acids is 2. The van der Waals surface area contributed by atoms with Crippen molar-refractivity contribution in [1.82, 2.24) is 0 Å². The highest BCUT2D eigenvalue weighted by Crippen LogP contribution is 2.21. The number of carbonyl (C=O) groups is 2. The third-order valence-corrected chi connectivity index (χ3v) is 3.72. The number of esters is 1. The minimum atomic E-state index is -0.340. The summed E-state index contributed by atoms with van der Waals surface area (Å²) >= 11 is 0. The zero-order chi connectivity index (χ0) is 18.0. The van der Waals surface area contributed by atoms with E-state index in [1.807, 2.05) is 40.7 Å².